The van der Waals surface area contributed by atoms with Crippen LogP contribution in [-0.2, 0) is 11.2 Å². The van der Waals surface area contributed by atoms with Gasteiger partial charge in [0.25, 0.3) is 0 Å². The lowest BCUT2D eigenvalue weighted by Crippen LogP contribution is -2.07. The van der Waals surface area contributed by atoms with Gasteiger partial charge in [-0.1, -0.05) is 36.4 Å². The highest BCUT2D eigenvalue weighted by molar-refractivity contribution is 9.10. The molecule has 142 valence electrons. The first-order valence-electron chi connectivity index (χ1n) is 8.94. The van der Waals surface area contributed by atoms with Gasteiger partial charge in [0.1, 0.15) is 22.7 Å². The average Bonchev–Trinajstić information content (AvgIpc) is 3.12. The molecule has 0 spiro atoms. The second kappa shape index (κ2) is 7.68. The van der Waals surface area contributed by atoms with Crippen LogP contribution >= 0.6 is 15.9 Å². The second-order valence-corrected chi connectivity index (χ2v) is 7.32. The number of rotatable bonds is 3. The van der Waals surface area contributed by atoms with Crippen molar-refractivity contribution < 1.29 is 18.7 Å². The molecule has 0 amide bonds. The van der Waals surface area contributed by atoms with E-state index in [9.17, 15) is 4.79 Å². The number of esters is 1. The van der Waals surface area contributed by atoms with Gasteiger partial charge in [0, 0.05) is 5.39 Å². The molecule has 0 radical (unpaired) electrons. The van der Waals surface area contributed by atoms with Gasteiger partial charge < -0.3 is 13.9 Å². The van der Waals surface area contributed by atoms with Crippen LogP contribution in [0.5, 0.6) is 5.75 Å². The van der Waals surface area contributed by atoms with Gasteiger partial charge in [-0.05, 0) is 63.7 Å². The van der Waals surface area contributed by atoms with Crippen LogP contribution in [0.15, 0.2) is 57.4 Å². The minimum Gasteiger partial charge on any atom is -0.495 e. The molecule has 0 fully saturated rings. The Morgan fingerprint density at radius 2 is 1.96 bits per heavy atom. The summed E-state index contributed by atoms with van der Waals surface area (Å²) < 4.78 is 17.1. The van der Waals surface area contributed by atoms with Gasteiger partial charge in [-0.25, -0.2) is 4.79 Å². The van der Waals surface area contributed by atoms with E-state index in [4.69, 9.17) is 13.9 Å². The normalized spacial score (nSPS) is 16.5. The third kappa shape index (κ3) is 3.27. The molecule has 0 saturated carbocycles. The summed E-state index contributed by atoms with van der Waals surface area (Å²) in [5.41, 5.74) is 4.42. The lowest BCUT2D eigenvalue weighted by atomic mass is 9.95. The zero-order valence-corrected chi connectivity index (χ0v) is 17.2. The van der Waals surface area contributed by atoms with E-state index in [2.05, 4.69) is 40.2 Å². The Hall–Kier alpha value is -2.79. The minimum absolute atomic E-state index is 0.406. The highest BCUT2D eigenvalue weighted by Crippen LogP contribution is 2.38. The zero-order valence-electron chi connectivity index (χ0n) is 15.6. The molecule has 2 aromatic carbocycles. The molecule has 0 atom stereocenters. The SMILES string of the molecule is COC(=O)c1cc2c(c(Br)c1OC)/C=C\C/C(c1cc3ccccc3o1)=C\C2. The Bertz CT molecular complexity index is 1090. The summed E-state index contributed by atoms with van der Waals surface area (Å²) in [6.45, 7) is 0. The number of allylic oxidation sites excluding steroid dienone is 3. The lowest BCUT2D eigenvalue weighted by molar-refractivity contribution is 0.0597. The molecule has 0 N–H and O–H groups in total. The molecule has 4 rings (SSSR count). The van der Waals surface area contributed by atoms with E-state index >= 15 is 0 Å². The van der Waals surface area contributed by atoms with Crippen molar-refractivity contribution in [3.63, 3.8) is 0 Å². The van der Waals surface area contributed by atoms with E-state index in [0.29, 0.717) is 17.7 Å². The van der Waals surface area contributed by atoms with Crippen molar-refractivity contribution in [3.8, 4) is 5.75 Å². The number of ether oxygens (including phenoxy) is 2. The molecular formula is C23H19BrO4. The van der Waals surface area contributed by atoms with Crippen molar-refractivity contribution >= 4 is 44.5 Å². The monoisotopic (exact) mass is 438 g/mol. The van der Waals surface area contributed by atoms with Crippen LogP contribution in [-0.4, -0.2) is 20.2 Å². The Labute approximate surface area is 171 Å². The summed E-state index contributed by atoms with van der Waals surface area (Å²) in [6, 6.07) is 11.9. The van der Waals surface area contributed by atoms with E-state index in [1.807, 2.05) is 30.3 Å². The highest BCUT2D eigenvalue weighted by Gasteiger charge is 2.21. The van der Waals surface area contributed by atoms with Gasteiger partial charge in [-0.3, -0.25) is 0 Å². The Kier molecular flexibility index (Phi) is 5.09. The van der Waals surface area contributed by atoms with Crippen molar-refractivity contribution in [2.75, 3.05) is 14.2 Å². The Morgan fingerprint density at radius 3 is 2.71 bits per heavy atom. The molecule has 0 unspecified atom stereocenters. The largest absolute Gasteiger partial charge is 0.495 e. The van der Waals surface area contributed by atoms with Gasteiger partial charge in [0.2, 0.25) is 0 Å². The van der Waals surface area contributed by atoms with Crippen LogP contribution < -0.4 is 4.74 Å². The first-order chi connectivity index (χ1) is 13.6. The summed E-state index contributed by atoms with van der Waals surface area (Å²) in [5, 5.41) is 1.09. The molecule has 3 aromatic rings. The van der Waals surface area contributed by atoms with Gasteiger partial charge >= 0.3 is 5.97 Å². The number of furan rings is 1. The molecule has 1 aliphatic rings. The summed E-state index contributed by atoms with van der Waals surface area (Å²) in [4.78, 5) is 12.2. The van der Waals surface area contributed by atoms with Crippen LogP contribution in [0, 0.1) is 0 Å². The van der Waals surface area contributed by atoms with Gasteiger partial charge in [-0.2, -0.15) is 0 Å². The maximum Gasteiger partial charge on any atom is 0.341 e. The summed E-state index contributed by atoms with van der Waals surface area (Å²) in [7, 11) is 2.91. The van der Waals surface area contributed by atoms with E-state index in [1.54, 1.807) is 7.11 Å². The Balaban J connectivity index is 1.77. The predicted molar refractivity (Wildman–Crippen MR) is 114 cm³/mol. The van der Waals surface area contributed by atoms with Crippen LogP contribution in [0.25, 0.3) is 22.6 Å². The summed E-state index contributed by atoms with van der Waals surface area (Å²) in [6.07, 6.45) is 7.73. The van der Waals surface area contributed by atoms with Crippen molar-refractivity contribution in [1.29, 1.82) is 0 Å². The quantitative estimate of drug-likeness (QED) is 0.468. The zero-order chi connectivity index (χ0) is 19.7. The first-order valence-corrected chi connectivity index (χ1v) is 9.74. The second-order valence-electron chi connectivity index (χ2n) is 6.52. The van der Waals surface area contributed by atoms with Crippen molar-refractivity contribution in [3.05, 3.63) is 75.5 Å². The Morgan fingerprint density at radius 1 is 1.14 bits per heavy atom. The summed E-state index contributed by atoms with van der Waals surface area (Å²) in [5.74, 6) is 0.931. The molecule has 0 saturated heterocycles. The maximum absolute atomic E-state index is 12.2. The maximum atomic E-state index is 12.2. The molecule has 1 aliphatic carbocycles. The standard InChI is InChI=1S/C23H19BrO4/c1-26-22-18(23(25)27-2)12-15-11-10-14(7-5-8-17(15)21(22)24)20-13-16-6-3-4-9-19(16)28-20/h3-6,8-10,12-13H,7,11H2,1-2H3/b8-5-,14-10+. The number of fused-ring (bicyclic) bond motifs is 2. The number of carbonyl (C=O) groups is 1. The topological polar surface area (TPSA) is 48.7 Å². The molecule has 0 bridgehead atoms. The number of hydrogen-bond acceptors (Lipinski definition) is 4. The minimum atomic E-state index is -0.423. The molecule has 1 aromatic heterocycles. The molecule has 0 aliphatic heterocycles. The molecule has 5 heteroatoms. The third-order valence-electron chi connectivity index (χ3n) is 4.89. The fraction of sp³-hybridized carbons (Fsp3) is 0.174. The number of hydrogen-bond donors (Lipinski definition) is 0. The number of carbonyl (C=O) groups excluding carboxylic acids is 1. The first kappa shape index (κ1) is 18.6. The van der Waals surface area contributed by atoms with E-state index < -0.39 is 5.97 Å². The van der Waals surface area contributed by atoms with Crippen LogP contribution in [0.3, 0.4) is 0 Å². The number of benzene rings is 2. The smallest absolute Gasteiger partial charge is 0.341 e. The van der Waals surface area contributed by atoms with Gasteiger partial charge in [0.15, 0.2) is 0 Å². The fourth-order valence-electron chi connectivity index (χ4n) is 3.47. The van der Waals surface area contributed by atoms with Crippen LogP contribution in [0.1, 0.15) is 33.7 Å². The van der Waals surface area contributed by atoms with Crippen LogP contribution in [0.2, 0.25) is 0 Å². The van der Waals surface area contributed by atoms with Crippen molar-refractivity contribution in [2.45, 2.75) is 12.8 Å². The predicted octanol–water partition coefficient (Wildman–Crippen LogP) is 6.03. The molecular weight excluding hydrogens is 420 g/mol. The van der Waals surface area contributed by atoms with Crippen molar-refractivity contribution in [2.24, 2.45) is 0 Å². The lowest BCUT2D eigenvalue weighted by Gasteiger charge is -2.16. The van der Waals surface area contributed by atoms with Crippen LogP contribution in [0.4, 0.5) is 0 Å². The number of methoxy groups -OCH3 is 2. The number of para-hydroxylation sites is 1. The van der Waals surface area contributed by atoms with E-state index in [-0.39, 0.29) is 0 Å². The molecule has 4 nitrogen and oxygen atoms in total. The summed E-state index contributed by atoms with van der Waals surface area (Å²) >= 11 is 3.60. The highest BCUT2D eigenvalue weighted by atomic mass is 79.9. The van der Waals surface area contributed by atoms with E-state index in [0.717, 1.165) is 44.3 Å². The van der Waals surface area contributed by atoms with E-state index in [1.165, 1.54) is 7.11 Å². The number of halogens is 1. The molecule has 1 heterocycles. The van der Waals surface area contributed by atoms with Gasteiger partial charge in [0.05, 0.1) is 18.7 Å². The fourth-order valence-corrected chi connectivity index (χ4v) is 4.23. The average molecular weight is 439 g/mol. The van der Waals surface area contributed by atoms with Crippen molar-refractivity contribution in [1.82, 2.24) is 0 Å². The molecule has 28 heavy (non-hydrogen) atoms. The third-order valence-corrected chi connectivity index (χ3v) is 5.67. The van der Waals surface area contributed by atoms with Gasteiger partial charge in [-0.15, -0.1) is 0 Å².